The summed E-state index contributed by atoms with van der Waals surface area (Å²) in [5.41, 5.74) is 3.77. The molecule has 3 nitrogen and oxygen atoms in total. The van der Waals surface area contributed by atoms with Crippen molar-refractivity contribution in [3.63, 3.8) is 0 Å². The maximum Gasteiger partial charge on any atom is 0.101 e. The normalized spacial score (nSPS) is 9.90. The summed E-state index contributed by atoms with van der Waals surface area (Å²) < 4.78 is 0. The van der Waals surface area contributed by atoms with Gasteiger partial charge < -0.3 is 10.2 Å². The molecular formula is C16H16ClN3. The van der Waals surface area contributed by atoms with Crippen molar-refractivity contribution in [2.75, 3.05) is 24.3 Å². The van der Waals surface area contributed by atoms with Crippen molar-refractivity contribution in [2.45, 2.75) is 6.54 Å². The molecule has 0 atom stereocenters. The Balaban J connectivity index is 2.02. The van der Waals surface area contributed by atoms with Gasteiger partial charge >= 0.3 is 0 Å². The molecule has 0 radical (unpaired) electrons. The van der Waals surface area contributed by atoms with Crippen molar-refractivity contribution >= 4 is 23.0 Å². The Hall–Kier alpha value is -2.18. The lowest BCUT2D eigenvalue weighted by molar-refractivity contribution is 1.11. The van der Waals surface area contributed by atoms with Gasteiger partial charge in [-0.05, 0) is 35.9 Å². The molecule has 2 aromatic rings. The molecule has 20 heavy (non-hydrogen) atoms. The van der Waals surface area contributed by atoms with Gasteiger partial charge in [0.05, 0.1) is 10.6 Å². The quantitative estimate of drug-likeness (QED) is 0.926. The van der Waals surface area contributed by atoms with Gasteiger partial charge in [-0.2, -0.15) is 5.26 Å². The van der Waals surface area contributed by atoms with Crippen LogP contribution in [0.15, 0.2) is 42.5 Å². The predicted octanol–water partition coefficient (Wildman–Crippen LogP) is 3.89. The third-order valence-electron chi connectivity index (χ3n) is 3.04. The van der Waals surface area contributed by atoms with Crippen molar-refractivity contribution in [1.29, 1.82) is 5.26 Å². The van der Waals surface area contributed by atoms with Crippen LogP contribution in [0.25, 0.3) is 0 Å². The molecule has 102 valence electrons. The number of hydrogen-bond acceptors (Lipinski definition) is 3. The fraction of sp³-hybridized carbons (Fsp3) is 0.188. The number of rotatable bonds is 4. The molecule has 2 rings (SSSR count). The van der Waals surface area contributed by atoms with E-state index in [2.05, 4.69) is 34.5 Å². The Labute approximate surface area is 124 Å². The molecule has 0 amide bonds. The summed E-state index contributed by atoms with van der Waals surface area (Å²) >= 11 is 6.00. The van der Waals surface area contributed by atoms with Crippen LogP contribution in [0.2, 0.25) is 5.02 Å². The summed E-state index contributed by atoms with van der Waals surface area (Å²) in [7, 11) is 4.04. The van der Waals surface area contributed by atoms with Crippen molar-refractivity contribution < 1.29 is 0 Å². The van der Waals surface area contributed by atoms with E-state index >= 15 is 0 Å². The molecule has 4 heteroatoms. The Morgan fingerprint density at radius 3 is 2.40 bits per heavy atom. The zero-order valence-electron chi connectivity index (χ0n) is 11.5. The van der Waals surface area contributed by atoms with Gasteiger partial charge in [-0.3, -0.25) is 0 Å². The number of nitrogens with zero attached hydrogens (tertiary/aromatic N) is 2. The van der Waals surface area contributed by atoms with Gasteiger partial charge in [0, 0.05) is 32.0 Å². The molecule has 0 saturated carbocycles. The van der Waals surface area contributed by atoms with Crippen LogP contribution in [0.4, 0.5) is 11.4 Å². The van der Waals surface area contributed by atoms with Crippen molar-refractivity contribution in [3.8, 4) is 6.07 Å². The highest BCUT2D eigenvalue weighted by atomic mass is 35.5. The van der Waals surface area contributed by atoms with Gasteiger partial charge in [0.1, 0.15) is 6.07 Å². The molecule has 0 bridgehead atoms. The molecule has 0 saturated heterocycles. The first-order valence-electron chi connectivity index (χ1n) is 6.30. The van der Waals surface area contributed by atoms with E-state index < -0.39 is 0 Å². The molecule has 0 heterocycles. The van der Waals surface area contributed by atoms with E-state index in [1.54, 1.807) is 12.1 Å². The first kappa shape index (κ1) is 14.2. The highest BCUT2D eigenvalue weighted by Crippen LogP contribution is 2.21. The first-order valence-corrected chi connectivity index (χ1v) is 6.68. The largest absolute Gasteiger partial charge is 0.381 e. The van der Waals surface area contributed by atoms with Gasteiger partial charge in [0.15, 0.2) is 0 Å². The minimum absolute atomic E-state index is 0.473. The van der Waals surface area contributed by atoms with E-state index in [4.69, 9.17) is 16.9 Å². The number of nitrogens with one attached hydrogen (secondary N) is 1. The Morgan fingerprint density at radius 1 is 1.15 bits per heavy atom. The molecule has 0 aliphatic rings. The van der Waals surface area contributed by atoms with Gasteiger partial charge in [-0.15, -0.1) is 0 Å². The highest BCUT2D eigenvalue weighted by molar-refractivity contribution is 6.32. The van der Waals surface area contributed by atoms with Crippen molar-refractivity contribution in [3.05, 3.63) is 58.6 Å². The van der Waals surface area contributed by atoms with Crippen LogP contribution >= 0.6 is 11.6 Å². The Kier molecular flexibility index (Phi) is 4.49. The summed E-state index contributed by atoms with van der Waals surface area (Å²) in [4.78, 5) is 2.07. The Bertz CT molecular complexity index is 627. The van der Waals surface area contributed by atoms with E-state index in [9.17, 15) is 0 Å². The molecule has 0 aromatic heterocycles. The van der Waals surface area contributed by atoms with Crippen molar-refractivity contribution in [2.24, 2.45) is 0 Å². The van der Waals surface area contributed by atoms with E-state index in [1.165, 1.54) is 11.3 Å². The summed E-state index contributed by atoms with van der Waals surface area (Å²) in [6.45, 7) is 0.718. The number of hydrogen-bond donors (Lipinski definition) is 1. The molecule has 0 aliphatic heterocycles. The highest BCUT2D eigenvalue weighted by Gasteiger charge is 2.01. The number of halogens is 1. The van der Waals surface area contributed by atoms with E-state index in [-0.39, 0.29) is 0 Å². The van der Waals surface area contributed by atoms with Gasteiger partial charge in [-0.25, -0.2) is 0 Å². The molecule has 1 N–H and O–H groups in total. The smallest absolute Gasteiger partial charge is 0.101 e. The first-order chi connectivity index (χ1) is 9.60. The lowest BCUT2D eigenvalue weighted by atomic mass is 10.2. The third kappa shape index (κ3) is 3.43. The summed E-state index contributed by atoms with van der Waals surface area (Å²) in [5, 5.41) is 12.6. The van der Waals surface area contributed by atoms with Crippen LogP contribution in [-0.2, 0) is 6.54 Å². The molecule has 0 aliphatic carbocycles. The fourth-order valence-corrected chi connectivity index (χ4v) is 2.05. The second-order valence-electron chi connectivity index (χ2n) is 4.72. The maximum atomic E-state index is 8.83. The molecule has 0 unspecified atom stereocenters. The lowest BCUT2D eigenvalue weighted by Crippen LogP contribution is -2.08. The fourth-order valence-electron chi connectivity index (χ4n) is 1.83. The number of benzene rings is 2. The average Bonchev–Trinajstić information content (AvgIpc) is 2.45. The van der Waals surface area contributed by atoms with Crippen LogP contribution < -0.4 is 10.2 Å². The number of anilines is 2. The van der Waals surface area contributed by atoms with Gasteiger partial charge in [-0.1, -0.05) is 23.7 Å². The summed E-state index contributed by atoms with van der Waals surface area (Å²) in [5.74, 6) is 0. The van der Waals surface area contributed by atoms with Gasteiger partial charge in [0.2, 0.25) is 0 Å². The summed E-state index contributed by atoms with van der Waals surface area (Å²) in [6, 6.07) is 15.8. The second kappa shape index (κ2) is 6.31. The topological polar surface area (TPSA) is 39.1 Å². The van der Waals surface area contributed by atoms with Crippen LogP contribution in [0.5, 0.6) is 0 Å². The van der Waals surface area contributed by atoms with Gasteiger partial charge in [0.25, 0.3) is 0 Å². The Morgan fingerprint density at radius 2 is 1.85 bits per heavy atom. The van der Waals surface area contributed by atoms with E-state index in [0.29, 0.717) is 10.6 Å². The third-order valence-corrected chi connectivity index (χ3v) is 3.35. The standard InChI is InChI=1S/C16H16ClN3/c1-20(2)15-7-3-12(4-8-15)11-19-14-6-5-13(10-18)16(17)9-14/h3-9,19H,11H2,1-2H3. The zero-order chi connectivity index (χ0) is 14.5. The molecular weight excluding hydrogens is 270 g/mol. The number of nitriles is 1. The second-order valence-corrected chi connectivity index (χ2v) is 5.13. The predicted molar refractivity (Wildman–Crippen MR) is 84.3 cm³/mol. The van der Waals surface area contributed by atoms with E-state index in [1.807, 2.05) is 26.2 Å². The molecule has 2 aromatic carbocycles. The molecule has 0 fully saturated rings. The summed E-state index contributed by atoms with van der Waals surface area (Å²) in [6.07, 6.45) is 0. The minimum atomic E-state index is 0.473. The average molecular weight is 286 g/mol. The molecule has 0 spiro atoms. The van der Waals surface area contributed by atoms with Crippen LogP contribution in [-0.4, -0.2) is 14.1 Å². The lowest BCUT2D eigenvalue weighted by Gasteiger charge is -2.13. The van der Waals surface area contributed by atoms with Crippen LogP contribution in [0.3, 0.4) is 0 Å². The SMILES string of the molecule is CN(C)c1ccc(CNc2ccc(C#N)c(Cl)c2)cc1. The maximum absolute atomic E-state index is 8.83. The van der Waals surface area contributed by atoms with E-state index in [0.717, 1.165) is 12.2 Å². The van der Waals surface area contributed by atoms with Crippen LogP contribution in [0, 0.1) is 11.3 Å². The minimum Gasteiger partial charge on any atom is -0.381 e. The zero-order valence-corrected chi connectivity index (χ0v) is 12.3. The monoisotopic (exact) mass is 285 g/mol. The van der Waals surface area contributed by atoms with Crippen molar-refractivity contribution in [1.82, 2.24) is 0 Å². The van der Waals surface area contributed by atoms with Crippen LogP contribution in [0.1, 0.15) is 11.1 Å².